The van der Waals surface area contributed by atoms with E-state index in [2.05, 4.69) is 11.6 Å². The molecule has 0 amide bonds. The molecule has 0 atom stereocenters. The van der Waals surface area contributed by atoms with Crippen LogP contribution in [0.5, 0.6) is 0 Å². The maximum absolute atomic E-state index is 11.7. The van der Waals surface area contributed by atoms with Gasteiger partial charge in [0.15, 0.2) is 5.78 Å². The Labute approximate surface area is 86.4 Å². The summed E-state index contributed by atoms with van der Waals surface area (Å²) in [7, 11) is 0. The molecule has 0 spiro atoms. The number of carbonyl (C=O) groups excluding carboxylic acids is 1. The zero-order chi connectivity index (χ0) is 11.1. The van der Waals surface area contributed by atoms with E-state index >= 15 is 0 Å². The van der Waals surface area contributed by atoms with Crippen LogP contribution in [0.2, 0.25) is 0 Å². The van der Waals surface area contributed by atoms with E-state index in [9.17, 15) is 4.79 Å². The van der Waals surface area contributed by atoms with E-state index in [0.717, 1.165) is 6.42 Å². The fourth-order valence-electron chi connectivity index (χ4n) is 1.03. The minimum absolute atomic E-state index is 0.00484. The van der Waals surface area contributed by atoms with Gasteiger partial charge in [0.25, 0.3) is 0 Å². The average molecular weight is 193 g/mol. The number of carbonyl (C=O) groups is 1. The highest BCUT2D eigenvalue weighted by molar-refractivity contribution is 6.00. The molecule has 0 unspecified atom stereocenters. The van der Waals surface area contributed by atoms with E-state index in [1.807, 2.05) is 27.7 Å². The molecule has 78 valence electrons. The zero-order valence-corrected chi connectivity index (χ0v) is 9.50. The predicted octanol–water partition coefficient (Wildman–Crippen LogP) is 3.15. The largest absolute Gasteiger partial charge is 0.294 e. The molecule has 0 aliphatic heterocycles. The second kappa shape index (κ2) is 6.30. The second-order valence-corrected chi connectivity index (χ2v) is 3.39. The Hall–Kier alpha value is -1.18. The molecule has 0 aromatic heterocycles. The van der Waals surface area contributed by atoms with E-state index in [4.69, 9.17) is 0 Å². The van der Waals surface area contributed by atoms with Crippen molar-refractivity contribution >= 4 is 12.0 Å². The van der Waals surface area contributed by atoms with Gasteiger partial charge in [-0.2, -0.15) is 0 Å². The number of rotatable bonds is 5. The smallest absolute Gasteiger partial charge is 0.167 e. The maximum Gasteiger partial charge on any atom is 0.167 e. The fourth-order valence-corrected chi connectivity index (χ4v) is 1.03. The van der Waals surface area contributed by atoms with E-state index < -0.39 is 0 Å². The SMILES string of the molecule is C=C(N=CCC)/C(=C\C)C(=O)C(C)C. The minimum Gasteiger partial charge on any atom is -0.294 e. The third-order valence-corrected chi connectivity index (χ3v) is 1.82. The van der Waals surface area contributed by atoms with Crippen molar-refractivity contribution in [2.24, 2.45) is 10.9 Å². The molecule has 0 saturated carbocycles. The van der Waals surface area contributed by atoms with Crippen LogP contribution in [0.15, 0.2) is 28.9 Å². The van der Waals surface area contributed by atoms with E-state index in [1.165, 1.54) is 0 Å². The van der Waals surface area contributed by atoms with E-state index in [1.54, 1.807) is 12.3 Å². The summed E-state index contributed by atoms with van der Waals surface area (Å²) < 4.78 is 0. The van der Waals surface area contributed by atoms with Crippen molar-refractivity contribution in [3.05, 3.63) is 23.9 Å². The van der Waals surface area contributed by atoms with Crippen molar-refractivity contribution in [2.75, 3.05) is 0 Å². The van der Waals surface area contributed by atoms with Crippen LogP contribution < -0.4 is 0 Å². The molecule has 0 aromatic carbocycles. The summed E-state index contributed by atoms with van der Waals surface area (Å²) in [6.45, 7) is 11.4. The van der Waals surface area contributed by atoms with Crippen LogP contribution in [-0.2, 0) is 4.79 Å². The molecule has 0 saturated heterocycles. The molecule has 2 heteroatoms. The topological polar surface area (TPSA) is 29.4 Å². The summed E-state index contributed by atoms with van der Waals surface area (Å²) in [6.07, 6.45) is 4.39. The number of hydrogen-bond acceptors (Lipinski definition) is 2. The van der Waals surface area contributed by atoms with Crippen molar-refractivity contribution in [3.8, 4) is 0 Å². The molecule has 0 radical (unpaired) electrons. The number of nitrogens with zero attached hydrogens (tertiary/aromatic N) is 1. The van der Waals surface area contributed by atoms with Gasteiger partial charge in [0.05, 0.1) is 5.70 Å². The van der Waals surface area contributed by atoms with Crippen molar-refractivity contribution in [1.29, 1.82) is 0 Å². The van der Waals surface area contributed by atoms with Gasteiger partial charge >= 0.3 is 0 Å². The van der Waals surface area contributed by atoms with Crippen LogP contribution in [0, 0.1) is 5.92 Å². The Bertz CT molecular complexity index is 272. The summed E-state index contributed by atoms with van der Waals surface area (Å²) in [5.41, 5.74) is 1.19. The first-order valence-corrected chi connectivity index (χ1v) is 4.96. The summed E-state index contributed by atoms with van der Waals surface area (Å²) >= 11 is 0. The highest BCUT2D eigenvalue weighted by Gasteiger charge is 2.14. The van der Waals surface area contributed by atoms with E-state index in [0.29, 0.717) is 11.3 Å². The van der Waals surface area contributed by atoms with Gasteiger partial charge in [-0.15, -0.1) is 0 Å². The molecule has 14 heavy (non-hydrogen) atoms. The lowest BCUT2D eigenvalue weighted by molar-refractivity contribution is -0.118. The number of hydrogen-bond donors (Lipinski definition) is 0. The third kappa shape index (κ3) is 3.69. The first-order chi connectivity index (χ1) is 6.54. The Morgan fingerprint density at radius 2 is 2.07 bits per heavy atom. The second-order valence-electron chi connectivity index (χ2n) is 3.39. The van der Waals surface area contributed by atoms with Gasteiger partial charge in [-0.1, -0.05) is 33.4 Å². The molecular weight excluding hydrogens is 174 g/mol. The monoisotopic (exact) mass is 193 g/mol. The number of allylic oxidation sites excluding steroid dienone is 2. The van der Waals surface area contributed by atoms with Crippen LogP contribution >= 0.6 is 0 Å². The Morgan fingerprint density at radius 1 is 1.50 bits per heavy atom. The van der Waals surface area contributed by atoms with Gasteiger partial charge in [-0.3, -0.25) is 9.79 Å². The van der Waals surface area contributed by atoms with Crippen LogP contribution in [0.25, 0.3) is 0 Å². The third-order valence-electron chi connectivity index (χ3n) is 1.82. The molecular formula is C12H19NO. The summed E-state index contributed by atoms with van der Waals surface area (Å²) in [4.78, 5) is 15.8. The number of ketones is 1. The number of Topliss-reactive ketones (excluding diaryl/α,β-unsaturated/α-hetero) is 1. The predicted molar refractivity (Wildman–Crippen MR) is 61.5 cm³/mol. The van der Waals surface area contributed by atoms with Gasteiger partial charge in [-0.05, 0) is 13.3 Å². The standard InChI is InChI=1S/C12H19NO/c1-6-8-13-10(5)11(7-2)12(14)9(3)4/h7-9H,5-6H2,1-4H3/b11-7+,13-8?. The zero-order valence-electron chi connectivity index (χ0n) is 9.50. The first-order valence-electron chi connectivity index (χ1n) is 4.96. The molecule has 0 aromatic rings. The van der Waals surface area contributed by atoms with Gasteiger partial charge in [-0.25, -0.2) is 0 Å². The Morgan fingerprint density at radius 3 is 2.43 bits per heavy atom. The Kier molecular flexibility index (Phi) is 5.77. The van der Waals surface area contributed by atoms with Crippen LogP contribution in [-0.4, -0.2) is 12.0 Å². The summed E-state index contributed by atoms with van der Waals surface area (Å²) in [5, 5.41) is 0. The molecule has 0 heterocycles. The molecule has 2 nitrogen and oxygen atoms in total. The quantitative estimate of drug-likeness (QED) is 0.374. The lowest BCUT2D eigenvalue weighted by Gasteiger charge is -2.07. The lowest BCUT2D eigenvalue weighted by Crippen LogP contribution is -2.11. The van der Waals surface area contributed by atoms with Crippen molar-refractivity contribution < 1.29 is 4.79 Å². The van der Waals surface area contributed by atoms with E-state index in [-0.39, 0.29) is 11.7 Å². The lowest BCUT2D eigenvalue weighted by atomic mass is 9.99. The summed E-state index contributed by atoms with van der Waals surface area (Å²) in [6, 6.07) is 0. The Balaban J connectivity index is 4.68. The molecule has 0 N–H and O–H groups in total. The molecule has 0 rings (SSSR count). The van der Waals surface area contributed by atoms with Gasteiger partial charge < -0.3 is 0 Å². The average Bonchev–Trinajstić information content (AvgIpc) is 2.15. The van der Waals surface area contributed by atoms with Crippen LogP contribution in [0.4, 0.5) is 0 Å². The highest BCUT2D eigenvalue weighted by Crippen LogP contribution is 2.14. The van der Waals surface area contributed by atoms with Crippen molar-refractivity contribution in [2.45, 2.75) is 34.1 Å². The van der Waals surface area contributed by atoms with Gasteiger partial charge in [0, 0.05) is 17.7 Å². The number of aliphatic imine (C=N–C) groups is 1. The fraction of sp³-hybridized carbons (Fsp3) is 0.500. The van der Waals surface area contributed by atoms with Gasteiger partial charge in [0.2, 0.25) is 0 Å². The van der Waals surface area contributed by atoms with Gasteiger partial charge in [0.1, 0.15) is 0 Å². The molecule has 0 aliphatic rings. The molecule has 0 aliphatic carbocycles. The molecule has 0 fully saturated rings. The summed E-state index contributed by atoms with van der Waals surface area (Å²) in [5.74, 6) is 0.0977. The molecule has 0 bridgehead atoms. The van der Waals surface area contributed by atoms with Crippen LogP contribution in [0.3, 0.4) is 0 Å². The minimum atomic E-state index is -0.00484. The first kappa shape index (κ1) is 12.8. The van der Waals surface area contributed by atoms with Crippen molar-refractivity contribution in [3.63, 3.8) is 0 Å². The normalized spacial score (nSPS) is 12.5. The maximum atomic E-state index is 11.7. The van der Waals surface area contributed by atoms with Crippen LogP contribution in [0.1, 0.15) is 34.1 Å². The highest BCUT2D eigenvalue weighted by atomic mass is 16.1. The van der Waals surface area contributed by atoms with Crippen molar-refractivity contribution in [1.82, 2.24) is 0 Å².